The Morgan fingerprint density at radius 3 is 2.83 bits per heavy atom. The third-order valence-corrected chi connectivity index (χ3v) is 5.73. The molecule has 4 aromatic rings. The second-order valence-electron chi connectivity index (χ2n) is 7.66. The molecule has 1 saturated heterocycles. The lowest BCUT2D eigenvalue weighted by molar-refractivity contribution is -0.132. The maximum absolute atomic E-state index is 12.8. The molecule has 1 amide bonds. The Labute approximate surface area is 174 Å². The monoisotopic (exact) mass is 404 g/mol. The van der Waals surface area contributed by atoms with E-state index in [0.29, 0.717) is 6.42 Å². The molecule has 0 spiro atoms. The van der Waals surface area contributed by atoms with Crippen LogP contribution in [0.3, 0.4) is 0 Å². The highest BCUT2D eigenvalue weighted by Gasteiger charge is 2.23. The fourth-order valence-corrected chi connectivity index (χ4v) is 4.05. The van der Waals surface area contributed by atoms with Gasteiger partial charge in [-0.1, -0.05) is 6.07 Å². The van der Waals surface area contributed by atoms with Crippen LogP contribution < -0.4 is 4.74 Å². The summed E-state index contributed by atoms with van der Waals surface area (Å²) in [5, 5.41) is 0.967. The van der Waals surface area contributed by atoms with Crippen LogP contribution >= 0.6 is 0 Å². The summed E-state index contributed by atoms with van der Waals surface area (Å²) in [5.74, 6) is 0.886. The van der Waals surface area contributed by atoms with Crippen molar-refractivity contribution < 1.29 is 13.9 Å². The highest BCUT2D eigenvalue weighted by molar-refractivity contribution is 5.88. The van der Waals surface area contributed by atoms with Crippen molar-refractivity contribution in [1.29, 1.82) is 0 Å². The van der Waals surface area contributed by atoms with Gasteiger partial charge < -0.3 is 18.5 Å². The molecule has 1 fully saturated rings. The topological polar surface area (TPSA) is 63.2 Å². The molecule has 0 aliphatic carbocycles. The molecule has 0 bridgehead atoms. The van der Waals surface area contributed by atoms with E-state index in [1.807, 2.05) is 51.9 Å². The first kappa shape index (κ1) is 18.7. The Balaban J connectivity index is 1.18. The van der Waals surface area contributed by atoms with Crippen LogP contribution in [0.15, 0.2) is 59.5 Å². The van der Waals surface area contributed by atoms with Crippen molar-refractivity contribution in [3.05, 3.63) is 66.3 Å². The van der Waals surface area contributed by atoms with Crippen molar-refractivity contribution >= 4 is 22.5 Å². The summed E-state index contributed by atoms with van der Waals surface area (Å²) < 4.78 is 12.9. The molecule has 7 heteroatoms. The van der Waals surface area contributed by atoms with E-state index in [2.05, 4.69) is 16.1 Å². The largest absolute Gasteiger partial charge is 0.497 e. The number of nitrogens with zero attached hydrogens (tertiary/aromatic N) is 4. The first-order valence-corrected chi connectivity index (χ1v) is 10.2. The SMILES string of the molecule is COc1ccc2c(CC(=O)N3CCN(Cc4cn5ccccc5n4)CC3)coc2c1. The van der Waals surface area contributed by atoms with Gasteiger partial charge in [0.15, 0.2) is 0 Å². The molecule has 5 rings (SSSR count). The maximum atomic E-state index is 12.8. The summed E-state index contributed by atoms with van der Waals surface area (Å²) >= 11 is 0. The zero-order chi connectivity index (χ0) is 20.5. The molecule has 1 aliphatic rings. The van der Waals surface area contributed by atoms with E-state index in [-0.39, 0.29) is 5.91 Å². The minimum atomic E-state index is 0.140. The van der Waals surface area contributed by atoms with Crippen LogP contribution in [0.5, 0.6) is 5.75 Å². The van der Waals surface area contributed by atoms with Gasteiger partial charge in [0.05, 0.1) is 25.5 Å². The van der Waals surface area contributed by atoms with E-state index in [1.165, 1.54) is 0 Å². The molecule has 4 heterocycles. The Kier molecular flexibility index (Phi) is 4.88. The van der Waals surface area contributed by atoms with Gasteiger partial charge >= 0.3 is 0 Å². The molecular formula is C23H24N4O3. The normalized spacial score (nSPS) is 15.2. The number of hydrogen-bond donors (Lipinski definition) is 0. The van der Waals surface area contributed by atoms with Crippen LogP contribution in [0.25, 0.3) is 16.6 Å². The first-order chi connectivity index (χ1) is 14.7. The van der Waals surface area contributed by atoms with Gasteiger partial charge in [0.1, 0.15) is 17.0 Å². The second kappa shape index (κ2) is 7.84. The van der Waals surface area contributed by atoms with E-state index in [9.17, 15) is 4.79 Å². The van der Waals surface area contributed by atoms with Gasteiger partial charge in [0, 0.05) is 62.1 Å². The fraction of sp³-hybridized carbons (Fsp3) is 0.304. The Morgan fingerprint density at radius 2 is 2.03 bits per heavy atom. The lowest BCUT2D eigenvalue weighted by atomic mass is 10.1. The number of rotatable bonds is 5. The number of aromatic nitrogens is 2. The molecule has 0 saturated carbocycles. The second-order valence-corrected chi connectivity index (χ2v) is 7.66. The van der Waals surface area contributed by atoms with E-state index < -0.39 is 0 Å². The number of furan rings is 1. The molecule has 154 valence electrons. The Hall–Kier alpha value is -3.32. The number of fused-ring (bicyclic) bond motifs is 2. The third-order valence-electron chi connectivity index (χ3n) is 5.73. The Morgan fingerprint density at radius 1 is 1.17 bits per heavy atom. The number of hydrogen-bond acceptors (Lipinski definition) is 5. The summed E-state index contributed by atoms with van der Waals surface area (Å²) in [4.78, 5) is 21.8. The maximum Gasteiger partial charge on any atom is 0.227 e. The van der Waals surface area contributed by atoms with Gasteiger partial charge in [-0.2, -0.15) is 0 Å². The quantitative estimate of drug-likeness (QED) is 0.512. The molecule has 0 radical (unpaired) electrons. The molecule has 0 atom stereocenters. The summed E-state index contributed by atoms with van der Waals surface area (Å²) in [7, 11) is 1.63. The highest BCUT2D eigenvalue weighted by Crippen LogP contribution is 2.26. The summed E-state index contributed by atoms with van der Waals surface area (Å²) in [6.07, 6.45) is 6.12. The van der Waals surface area contributed by atoms with Crippen molar-refractivity contribution in [1.82, 2.24) is 19.2 Å². The lowest BCUT2D eigenvalue weighted by Gasteiger charge is -2.34. The molecule has 1 aliphatic heterocycles. The zero-order valence-electron chi connectivity index (χ0n) is 17.0. The molecular weight excluding hydrogens is 380 g/mol. The molecule has 3 aromatic heterocycles. The van der Waals surface area contributed by atoms with Crippen LogP contribution in [0.2, 0.25) is 0 Å². The van der Waals surface area contributed by atoms with Gasteiger partial charge in [-0.25, -0.2) is 4.98 Å². The summed E-state index contributed by atoms with van der Waals surface area (Å²) in [5.41, 5.74) is 3.69. The van der Waals surface area contributed by atoms with E-state index in [4.69, 9.17) is 9.15 Å². The number of piperazine rings is 1. The number of benzene rings is 1. The van der Waals surface area contributed by atoms with Crippen molar-refractivity contribution in [2.75, 3.05) is 33.3 Å². The van der Waals surface area contributed by atoms with Gasteiger partial charge in [0.25, 0.3) is 0 Å². The van der Waals surface area contributed by atoms with Crippen LogP contribution in [-0.2, 0) is 17.8 Å². The van der Waals surface area contributed by atoms with Crippen molar-refractivity contribution in [2.45, 2.75) is 13.0 Å². The van der Waals surface area contributed by atoms with Crippen molar-refractivity contribution in [3.8, 4) is 5.75 Å². The molecule has 1 aromatic carbocycles. The molecule has 30 heavy (non-hydrogen) atoms. The predicted octanol–water partition coefficient (Wildman–Crippen LogP) is 2.98. The number of methoxy groups -OCH3 is 1. The number of imidazole rings is 1. The van der Waals surface area contributed by atoms with E-state index >= 15 is 0 Å². The van der Waals surface area contributed by atoms with Gasteiger partial charge in [0.2, 0.25) is 5.91 Å². The average molecular weight is 404 g/mol. The third kappa shape index (κ3) is 3.64. The smallest absolute Gasteiger partial charge is 0.227 e. The van der Waals surface area contributed by atoms with Crippen molar-refractivity contribution in [2.24, 2.45) is 0 Å². The van der Waals surface area contributed by atoms with Gasteiger partial charge in [-0.3, -0.25) is 9.69 Å². The lowest BCUT2D eigenvalue weighted by Crippen LogP contribution is -2.48. The van der Waals surface area contributed by atoms with Crippen LogP contribution in [-0.4, -0.2) is 58.4 Å². The highest BCUT2D eigenvalue weighted by atomic mass is 16.5. The van der Waals surface area contributed by atoms with Crippen LogP contribution in [0, 0.1) is 0 Å². The number of ether oxygens (including phenoxy) is 1. The standard InChI is InChI=1S/C23H24N4O3/c1-29-19-5-6-20-17(16-30-21(20)13-19)12-23(28)26-10-8-25(9-11-26)14-18-15-27-7-3-2-4-22(27)24-18/h2-7,13,15-16H,8-12,14H2,1H3. The number of amides is 1. The minimum absolute atomic E-state index is 0.140. The number of carbonyl (C=O) groups excluding carboxylic acids is 1. The summed E-state index contributed by atoms with van der Waals surface area (Å²) in [6.45, 7) is 3.97. The molecule has 7 nitrogen and oxygen atoms in total. The molecule has 0 unspecified atom stereocenters. The van der Waals surface area contributed by atoms with E-state index in [1.54, 1.807) is 13.4 Å². The average Bonchev–Trinajstić information content (AvgIpc) is 3.37. The van der Waals surface area contributed by atoms with Crippen molar-refractivity contribution in [3.63, 3.8) is 0 Å². The first-order valence-electron chi connectivity index (χ1n) is 10.2. The van der Waals surface area contributed by atoms with Crippen LogP contribution in [0.4, 0.5) is 0 Å². The van der Waals surface area contributed by atoms with E-state index in [0.717, 1.165) is 66.3 Å². The van der Waals surface area contributed by atoms with Crippen LogP contribution in [0.1, 0.15) is 11.3 Å². The van der Waals surface area contributed by atoms with Gasteiger partial charge in [-0.05, 0) is 24.3 Å². The fourth-order valence-electron chi connectivity index (χ4n) is 4.05. The number of pyridine rings is 1. The predicted molar refractivity (Wildman–Crippen MR) is 114 cm³/mol. The minimum Gasteiger partial charge on any atom is -0.497 e. The zero-order valence-corrected chi connectivity index (χ0v) is 17.0. The number of carbonyl (C=O) groups is 1. The summed E-state index contributed by atoms with van der Waals surface area (Å²) in [6, 6.07) is 11.7. The molecule has 0 N–H and O–H groups in total. The Bertz CT molecular complexity index is 1150. The van der Waals surface area contributed by atoms with Gasteiger partial charge in [-0.15, -0.1) is 0 Å².